The fourth-order valence-electron chi connectivity index (χ4n) is 3.40. The smallest absolute Gasteiger partial charge is 0.190 e. The molecule has 24 heavy (non-hydrogen) atoms. The average Bonchev–Trinajstić information content (AvgIpc) is 3.06. The number of hydrogen-bond donors (Lipinski definition) is 2. The van der Waals surface area contributed by atoms with Crippen LogP contribution in [0.2, 0.25) is 0 Å². The van der Waals surface area contributed by atoms with Crippen LogP contribution in [0.3, 0.4) is 0 Å². The maximum absolute atomic E-state index is 4.30. The summed E-state index contributed by atoms with van der Waals surface area (Å²) in [6.07, 6.45) is 12.6. The van der Waals surface area contributed by atoms with Gasteiger partial charge in [-0.1, -0.05) is 26.2 Å². The summed E-state index contributed by atoms with van der Waals surface area (Å²) in [7, 11) is 1.84. The minimum absolute atomic E-state index is 0. The first-order valence-electron chi connectivity index (χ1n) is 9.05. The molecular weight excluding hydrogens is 415 g/mol. The van der Waals surface area contributed by atoms with Gasteiger partial charge < -0.3 is 15.2 Å². The SMILES string of the molecule is CN=C(NCCCCn1cnnc1)NCCC1CCCC(C)C1.I. The van der Waals surface area contributed by atoms with Gasteiger partial charge in [0.15, 0.2) is 5.96 Å². The van der Waals surface area contributed by atoms with Crippen molar-refractivity contribution >= 4 is 29.9 Å². The zero-order chi connectivity index (χ0) is 16.3. The quantitative estimate of drug-likeness (QED) is 0.278. The molecule has 1 saturated carbocycles. The van der Waals surface area contributed by atoms with E-state index in [4.69, 9.17) is 0 Å². The van der Waals surface area contributed by atoms with Crippen molar-refractivity contribution in [2.45, 2.75) is 58.4 Å². The lowest BCUT2D eigenvalue weighted by atomic mass is 9.81. The molecule has 0 spiro atoms. The van der Waals surface area contributed by atoms with E-state index in [1.54, 1.807) is 12.7 Å². The first-order valence-corrected chi connectivity index (χ1v) is 9.05. The van der Waals surface area contributed by atoms with E-state index in [1.165, 1.54) is 32.1 Å². The summed E-state index contributed by atoms with van der Waals surface area (Å²) in [6, 6.07) is 0. The van der Waals surface area contributed by atoms with Crippen molar-refractivity contribution in [1.82, 2.24) is 25.4 Å². The monoisotopic (exact) mass is 448 g/mol. The molecule has 1 fully saturated rings. The average molecular weight is 448 g/mol. The van der Waals surface area contributed by atoms with Gasteiger partial charge in [0, 0.05) is 26.7 Å². The van der Waals surface area contributed by atoms with Crippen LogP contribution in [0.25, 0.3) is 0 Å². The Hall–Kier alpha value is -0.860. The third-order valence-electron chi connectivity index (χ3n) is 4.72. The molecule has 0 bridgehead atoms. The van der Waals surface area contributed by atoms with Crippen molar-refractivity contribution in [3.8, 4) is 0 Å². The van der Waals surface area contributed by atoms with Crippen molar-refractivity contribution < 1.29 is 0 Å². The summed E-state index contributed by atoms with van der Waals surface area (Å²) >= 11 is 0. The molecular formula is C17H33IN6. The number of aliphatic imine (C=N–C) groups is 1. The van der Waals surface area contributed by atoms with E-state index < -0.39 is 0 Å². The lowest BCUT2D eigenvalue weighted by molar-refractivity contribution is 0.270. The molecule has 0 saturated heterocycles. The lowest BCUT2D eigenvalue weighted by Crippen LogP contribution is -2.38. The van der Waals surface area contributed by atoms with Gasteiger partial charge in [0.05, 0.1) is 0 Å². The van der Waals surface area contributed by atoms with Crippen LogP contribution in [0.1, 0.15) is 51.9 Å². The highest BCUT2D eigenvalue weighted by atomic mass is 127. The highest BCUT2D eigenvalue weighted by Crippen LogP contribution is 2.30. The molecule has 2 unspecified atom stereocenters. The molecule has 1 aromatic rings. The molecule has 2 atom stereocenters. The zero-order valence-electron chi connectivity index (χ0n) is 15.1. The second-order valence-electron chi connectivity index (χ2n) is 6.76. The molecule has 0 aliphatic heterocycles. The maximum atomic E-state index is 4.30. The highest BCUT2D eigenvalue weighted by Gasteiger charge is 2.18. The summed E-state index contributed by atoms with van der Waals surface area (Å²) in [4.78, 5) is 4.30. The van der Waals surface area contributed by atoms with Crippen LogP contribution in [0, 0.1) is 11.8 Å². The molecule has 0 radical (unpaired) electrons. The molecule has 1 heterocycles. The van der Waals surface area contributed by atoms with E-state index >= 15 is 0 Å². The Morgan fingerprint density at radius 3 is 2.62 bits per heavy atom. The summed E-state index contributed by atoms with van der Waals surface area (Å²) < 4.78 is 2.01. The van der Waals surface area contributed by atoms with Gasteiger partial charge in [-0.05, 0) is 37.5 Å². The summed E-state index contributed by atoms with van der Waals surface area (Å²) in [6.45, 7) is 5.33. The van der Waals surface area contributed by atoms with Crippen LogP contribution >= 0.6 is 24.0 Å². The molecule has 0 aromatic carbocycles. The number of halogens is 1. The molecule has 2 rings (SSSR count). The number of unbranched alkanes of at least 4 members (excludes halogenated alkanes) is 1. The van der Waals surface area contributed by atoms with E-state index in [2.05, 4.69) is 32.7 Å². The Morgan fingerprint density at radius 2 is 1.92 bits per heavy atom. The van der Waals surface area contributed by atoms with E-state index in [1.807, 2.05) is 11.6 Å². The second-order valence-corrected chi connectivity index (χ2v) is 6.76. The van der Waals surface area contributed by atoms with Gasteiger partial charge in [-0.3, -0.25) is 4.99 Å². The van der Waals surface area contributed by atoms with Crippen LogP contribution in [0.15, 0.2) is 17.6 Å². The normalized spacial score (nSPS) is 21.2. The van der Waals surface area contributed by atoms with E-state index in [9.17, 15) is 0 Å². The maximum Gasteiger partial charge on any atom is 0.190 e. The number of nitrogens with zero attached hydrogens (tertiary/aromatic N) is 4. The van der Waals surface area contributed by atoms with Crippen LogP contribution in [-0.2, 0) is 6.54 Å². The first-order chi connectivity index (χ1) is 11.3. The molecule has 1 aromatic heterocycles. The third kappa shape index (κ3) is 8.30. The Bertz CT molecular complexity index is 448. The Kier molecular flexibility index (Phi) is 11.0. The van der Waals surface area contributed by atoms with Crippen molar-refractivity contribution in [2.75, 3.05) is 20.1 Å². The van der Waals surface area contributed by atoms with E-state index in [0.717, 1.165) is 50.3 Å². The van der Waals surface area contributed by atoms with E-state index in [0.29, 0.717) is 0 Å². The number of aryl methyl sites for hydroxylation is 1. The molecule has 0 amide bonds. The van der Waals surface area contributed by atoms with E-state index in [-0.39, 0.29) is 24.0 Å². The number of aromatic nitrogens is 3. The van der Waals surface area contributed by atoms with Crippen molar-refractivity contribution in [2.24, 2.45) is 16.8 Å². The molecule has 2 N–H and O–H groups in total. The van der Waals surface area contributed by atoms with Gasteiger partial charge in [-0.25, -0.2) is 0 Å². The third-order valence-corrected chi connectivity index (χ3v) is 4.72. The minimum atomic E-state index is 0. The molecule has 6 nitrogen and oxygen atoms in total. The molecule has 7 heteroatoms. The lowest BCUT2D eigenvalue weighted by Gasteiger charge is -2.26. The second kappa shape index (κ2) is 12.5. The van der Waals surface area contributed by atoms with Crippen molar-refractivity contribution in [3.05, 3.63) is 12.7 Å². The van der Waals surface area contributed by atoms with Crippen LogP contribution in [0.4, 0.5) is 0 Å². The van der Waals surface area contributed by atoms with Crippen LogP contribution in [0.5, 0.6) is 0 Å². The fourth-order valence-corrected chi connectivity index (χ4v) is 3.40. The fraction of sp³-hybridized carbons (Fsp3) is 0.824. The molecule has 138 valence electrons. The number of hydrogen-bond acceptors (Lipinski definition) is 3. The molecule has 1 aliphatic carbocycles. The largest absolute Gasteiger partial charge is 0.356 e. The number of nitrogens with one attached hydrogen (secondary N) is 2. The van der Waals surface area contributed by atoms with Gasteiger partial charge in [-0.15, -0.1) is 34.2 Å². The summed E-state index contributed by atoms with van der Waals surface area (Å²) in [5.41, 5.74) is 0. The predicted molar refractivity (Wildman–Crippen MR) is 110 cm³/mol. The Balaban J connectivity index is 0.00000288. The number of rotatable bonds is 8. The highest BCUT2D eigenvalue weighted by molar-refractivity contribution is 14.0. The van der Waals surface area contributed by atoms with Crippen LogP contribution < -0.4 is 10.6 Å². The van der Waals surface area contributed by atoms with Gasteiger partial charge in [0.25, 0.3) is 0 Å². The van der Waals surface area contributed by atoms with Gasteiger partial charge in [0.1, 0.15) is 12.7 Å². The van der Waals surface area contributed by atoms with Crippen LogP contribution in [-0.4, -0.2) is 40.9 Å². The summed E-state index contributed by atoms with van der Waals surface area (Å²) in [5.74, 6) is 2.74. The van der Waals surface area contributed by atoms with Gasteiger partial charge in [-0.2, -0.15) is 0 Å². The summed E-state index contributed by atoms with van der Waals surface area (Å²) in [5, 5.41) is 14.5. The predicted octanol–water partition coefficient (Wildman–Crippen LogP) is 3.06. The van der Waals surface area contributed by atoms with Gasteiger partial charge >= 0.3 is 0 Å². The standard InChI is InChI=1S/C17H32N6.HI/c1-15-6-5-7-16(12-15)8-10-20-17(18-2)19-9-3-4-11-23-13-21-22-14-23;/h13-16H,3-12H2,1-2H3,(H2,18,19,20);1H. The zero-order valence-corrected chi connectivity index (χ0v) is 17.4. The van der Waals surface area contributed by atoms with Crippen molar-refractivity contribution in [1.29, 1.82) is 0 Å². The molecule has 1 aliphatic rings. The van der Waals surface area contributed by atoms with Gasteiger partial charge in [0.2, 0.25) is 0 Å². The Labute approximate surface area is 163 Å². The first kappa shape index (κ1) is 21.2. The topological polar surface area (TPSA) is 67.1 Å². The number of guanidine groups is 1. The Morgan fingerprint density at radius 1 is 1.17 bits per heavy atom. The van der Waals surface area contributed by atoms with Crippen molar-refractivity contribution in [3.63, 3.8) is 0 Å². The minimum Gasteiger partial charge on any atom is -0.356 e.